The molecular weight excluding hydrogens is 709 g/mol. The van der Waals surface area contributed by atoms with E-state index >= 15 is 0 Å². The van der Waals surface area contributed by atoms with Gasteiger partial charge in [-0.1, -0.05) is 0 Å². The highest BCUT2D eigenvalue weighted by molar-refractivity contribution is 6.26. The van der Waals surface area contributed by atoms with E-state index < -0.39 is 24.0 Å². The Morgan fingerprint density at radius 3 is 0.714 bits per heavy atom. The second kappa shape index (κ2) is 13.5. The van der Waals surface area contributed by atoms with Gasteiger partial charge in [-0.15, -0.1) is 0 Å². The third kappa shape index (κ3) is 5.33. The first-order valence-electron chi connectivity index (χ1n) is 18.7. The van der Waals surface area contributed by atoms with Gasteiger partial charge in [-0.05, 0) is 59.7 Å². The Balaban J connectivity index is 1.65. The molecule has 1 aliphatic carbocycles. The summed E-state index contributed by atoms with van der Waals surface area (Å²) in [5.74, 6) is -2.26. The summed E-state index contributed by atoms with van der Waals surface area (Å²) in [6, 6.07) is 13.8. The molecule has 6 aromatic carbocycles. The maximum absolute atomic E-state index is 12.8. The molecule has 0 radical (unpaired) electrons. The summed E-state index contributed by atoms with van der Waals surface area (Å²) in [4.78, 5) is 11.8. The molecule has 1 saturated carbocycles. The number of benzene rings is 6. The van der Waals surface area contributed by atoms with Gasteiger partial charge in [-0.3, -0.25) is 0 Å². The fourth-order valence-corrected chi connectivity index (χ4v) is 9.31. The largest absolute Gasteiger partial charge is 0.507 e. The number of phenols is 4. The lowest BCUT2D eigenvalue weighted by molar-refractivity contribution is -0.0766. The zero-order valence-corrected chi connectivity index (χ0v) is 34.3. The van der Waals surface area contributed by atoms with Gasteiger partial charge in [0.2, 0.25) is 0 Å². The topological polar surface area (TPSA) is 141 Å². The van der Waals surface area contributed by atoms with Crippen molar-refractivity contribution in [1.29, 1.82) is 0 Å². The molecule has 0 unspecified atom stereocenters. The summed E-state index contributed by atoms with van der Waals surface area (Å²) in [5, 5.41) is 77.4. The second-order valence-electron chi connectivity index (χ2n) is 16.3. The number of anilines is 6. The molecule has 0 atom stereocenters. The molecule has 6 N–H and O–H groups in total. The van der Waals surface area contributed by atoms with Crippen molar-refractivity contribution in [2.24, 2.45) is 0 Å². The van der Waals surface area contributed by atoms with E-state index in [4.69, 9.17) is 0 Å². The Morgan fingerprint density at radius 2 is 0.536 bits per heavy atom. The van der Waals surface area contributed by atoms with Crippen LogP contribution in [0, 0.1) is 0 Å². The van der Waals surface area contributed by atoms with Crippen LogP contribution < -0.4 is 29.4 Å². The molecule has 1 aliphatic rings. The first-order valence-corrected chi connectivity index (χ1v) is 18.7. The molecule has 0 amide bonds. The van der Waals surface area contributed by atoms with Crippen LogP contribution in [0.1, 0.15) is 23.0 Å². The monoisotopic (exact) mass is 762 g/mol. The van der Waals surface area contributed by atoms with Crippen LogP contribution in [0.15, 0.2) is 48.5 Å². The molecule has 6 aromatic rings. The number of aliphatic hydroxyl groups excluding tert-OH is 2. The van der Waals surface area contributed by atoms with Crippen molar-refractivity contribution < 1.29 is 30.6 Å². The van der Waals surface area contributed by atoms with Gasteiger partial charge in [-0.2, -0.15) is 0 Å². The molecule has 1 fully saturated rings. The van der Waals surface area contributed by atoms with Gasteiger partial charge in [0.1, 0.15) is 23.0 Å². The van der Waals surface area contributed by atoms with Gasteiger partial charge >= 0.3 is 0 Å². The highest BCUT2D eigenvalue weighted by atomic mass is 16.3. The fraction of sp³-hybridized carbons (Fsp3) is 0.364. The molecule has 12 nitrogen and oxygen atoms in total. The summed E-state index contributed by atoms with van der Waals surface area (Å²) < 4.78 is 0. The van der Waals surface area contributed by atoms with Crippen molar-refractivity contribution in [3.63, 3.8) is 0 Å². The summed E-state index contributed by atoms with van der Waals surface area (Å²) in [6.45, 7) is 0. The van der Waals surface area contributed by atoms with E-state index in [1.807, 2.05) is 138 Å². The van der Waals surface area contributed by atoms with Gasteiger partial charge in [0, 0.05) is 162 Å². The first kappa shape index (κ1) is 38.6. The molecule has 7 rings (SSSR count). The van der Waals surface area contributed by atoms with Crippen LogP contribution >= 0.6 is 0 Å². The van der Waals surface area contributed by atoms with Crippen LogP contribution in [0.5, 0.6) is 23.0 Å². The molecule has 0 bridgehead atoms. The van der Waals surface area contributed by atoms with Gasteiger partial charge in [0.25, 0.3) is 0 Å². The third-order valence-electron chi connectivity index (χ3n) is 11.6. The summed E-state index contributed by atoms with van der Waals surface area (Å²) in [5.41, 5.74) is 5.55. The van der Waals surface area contributed by atoms with Crippen molar-refractivity contribution in [3.05, 3.63) is 59.7 Å². The van der Waals surface area contributed by atoms with E-state index in [9.17, 15) is 30.6 Å². The Bertz CT molecular complexity index is 2230. The van der Waals surface area contributed by atoms with Crippen molar-refractivity contribution >= 4 is 77.2 Å². The molecule has 0 aromatic heterocycles. The average molecular weight is 763 g/mol. The molecule has 296 valence electrons. The number of fused-ring (bicyclic) bond motifs is 4. The van der Waals surface area contributed by atoms with Crippen molar-refractivity contribution in [2.45, 2.75) is 24.0 Å². The van der Waals surface area contributed by atoms with Crippen LogP contribution in [-0.2, 0) is 0 Å². The van der Waals surface area contributed by atoms with Gasteiger partial charge in [-0.25, -0.2) is 0 Å². The lowest BCUT2D eigenvalue weighted by Gasteiger charge is -2.49. The number of phenolic OH excluding ortho intramolecular Hbond substituents is 4. The average Bonchev–Trinajstić information content (AvgIpc) is 3.10. The van der Waals surface area contributed by atoms with Gasteiger partial charge in [0.15, 0.2) is 0 Å². The normalized spacial score (nSPS) is 18.1. The van der Waals surface area contributed by atoms with Crippen molar-refractivity contribution in [2.75, 3.05) is 114 Å². The molecule has 0 saturated heterocycles. The molecule has 0 heterocycles. The molecule has 0 spiro atoms. The van der Waals surface area contributed by atoms with Crippen molar-refractivity contribution in [1.82, 2.24) is 0 Å². The van der Waals surface area contributed by atoms with Gasteiger partial charge < -0.3 is 60.0 Å². The van der Waals surface area contributed by atoms with Gasteiger partial charge in [0.05, 0.1) is 23.6 Å². The minimum atomic E-state index is -1.30. The molecule has 0 aliphatic heterocycles. The predicted molar refractivity (Wildman–Crippen MR) is 233 cm³/mol. The van der Waals surface area contributed by atoms with Crippen LogP contribution in [0.3, 0.4) is 0 Å². The zero-order chi connectivity index (χ0) is 41.0. The van der Waals surface area contributed by atoms with E-state index in [0.29, 0.717) is 54.2 Å². The molecule has 12 heteroatoms. The Labute approximate surface area is 327 Å². The van der Waals surface area contributed by atoms with Crippen LogP contribution in [0.4, 0.5) is 34.1 Å². The number of aromatic hydroxyl groups is 4. The standard InChI is InChI=1S/C44H54N6O6/c1-45(2)21-13-17-25(51)33-29(21)41(49(9)10)30-22(46(3)4)14-18-26(52)34(30)37(33)39-43(55)40(44(39)56)38-35-27(53)19-15-23(47(5)6)31(35)42(50(11)12)32-24(48(7)8)16-20-28(54)36(32)38/h13-20,39-40,43-44,51-56H,1-12H3. The van der Waals surface area contributed by atoms with Crippen LogP contribution in [0.2, 0.25) is 0 Å². The minimum absolute atomic E-state index is 0.0594. The number of rotatable bonds is 8. The van der Waals surface area contributed by atoms with E-state index in [-0.39, 0.29) is 23.0 Å². The zero-order valence-electron chi connectivity index (χ0n) is 34.3. The first-order chi connectivity index (χ1) is 26.3. The number of aliphatic hydroxyl groups is 2. The van der Waals surface area contributed by atoms with E-state index in [1.165, 1.54) is 0 Å². The number of hydrogen-bond acceptors (Lipinski definition) is 12. The van der Waals surface area contributed by atoms with E-state index in [2.05, 4.69) is 0 Å². The lowest BCUT2D eigenvalue weighted by Crippen LogP contribution is -2.52. The summed E-state index contributed by atoms with van der Waals surface area (Å²) >= 11 is 0. The van der Waals surface area contributed by atoms with E-state index in [0.717, 1.165) is 34.1 Å². The van der Waals surface area contributed by atoms with Crippen LogP contribution in [-0.4, -0.2) is 127 Å². The highest BCUT2D eigenvalue weighted by Gasteiger charge is 2.54. The smallest absolute Gasteiger partial charge is 0.123 e. The predicted octanol–water partition coefficient (Wildman–Crippen LogP) is 6.12. The summed E-state index contributed by atoms with van der Waals surface area (Å²) in [6.07, 6.45) is -2.60. The third-order valence-corrected chi connectivity index (χ3v) is 11.6. The Morgan fingerprint density at radius 1 is 0.321 bits per heavy atom. The molecular formula is C44H54N6O6. The molecule has 56 heavy (non-hydrogen) atoms. The number of hydrogen-bond donors (Lipinski definition) is 6. The maximum Gasteiger partial charge on any atom is 0.123 e. The van der Waals surface area contributed by atoms with Crippen LogP contribution in [0.25, 0.3) is 43.1 Å². The number of nitrogens with zero attached hydrogens (tertiary/aromatic N) is 6. The highest BCUT2D eigenvalue weighted by Crippen LogP contribution is 2.61. The lowest BCUT2D eigenvalue weighted by atomic mass is 9.60. The minimum Gasteiger partial charge on any atom is -0.507 e. The second-order valence-corrected chi connectivity index (χ2v) is 16.3. The Kier molecular flexibility index (Phi) is 9.29. The van der Waals surface area contributed by atoms with Crippen molar-refractivity contribution in [3.8, 4) is 23.0 Å². The Hall–Kier alpha value is -5.72. The van der Waals surface area contributed by atoms with E-state index in [1.54, 1.807) is 24.3 Å². The summed E-state index contributed by atoms with van der Waals surface area (Å²) in [7, 11) is 23.0. The quantitative estimate of drug-likeness (QED) is 0.0996. The SMILES string of the molecule is CN(C)c1ccc(O)c2c(C3C(O)C(c4c5c(O)ccc(N(C)C)c5c(N(C)C)c5c(N(C)C)ccc(O)c45)C3O)c3c(O)ccc(N(C)C)c3c(N(C)C)c12. The fourth-order valence-electron chi connectivity index (χ4n) is 9.31. The maximum atomic E-state index is 12.8.